The molecule has 3 heteroatoms. The Morgan fingerprint density at radius 3 is 2.79 bits per heavy atom. The van der Waals surface area contributed by atoms with E-state index in [1.54, 1.807) is 0 Å². The molecule has 1 fully saturated rings. The maximum Gasteiger partial charge on any atom is 0.128 e. The molecule has 0 aliphatic carbocycles. The summed E-state index contributed by atoms with van der Waals surface area (Å²) in [7, 11) is 0. The van der Waals surface area contributed by atoms with Crippen LogP contribution in [0.4, 0.5) is 8.78 Å². The van der Waals surface area contributed by atoms with Gasteiger partial charge in [-0.05, 0) is 37.1 Å². The first kappa shape index (κ1) is 9.59. The van der Waals surface area contributed by atoms with E-state index in [4.69, 9.17) is 0 Å². The van der Waals surface area contributed by atoms with Crippen molar-refractivity contribution in [3.8, 4) is 0 Å². The van der Waals surface area contributed by atoms with Gasteiger partial charge in [-0.2, -0.15) is 0 Å². The Balaban J connectivity index is 2.27. The summed E-state index contributed by atoms with van der Waals surface area (Å²) in [5, 5.41) is 3.18. The maximum atomic E-state index is 13.3. The Bertz CT molecular complexity index is 338. The summed E-state index contributed by atoms with van der Waals surface area (Å²) in [5.41, 5.74) is 0.453. The van der Waals surface area contributed by atoms with Crippen LogP contribution in [-0.2, 0) is 0 Å². The molecule has 0 aromatic heterocycles. The molecule has 76 valence electrons. The minimum atomic E-state index is -0.372. The van der Waals surface area contributed by atoms with Crippen molar-refractivity contribution < 1.29 is 8.78 Å². The summed E-state index contributed by atoms with van der Waals surface area (Å²) in [6.07, 6.45) is 0.875. The van der Waals surface area contributed by atoms with Crippen LogP contribution in [0.25, 0.3) is 0 Å². The van der Waals surface area contributed by atoms with Gasteiger partial charge in [0.15, 0.2) is 0 Å². The minimum Gasteiger partial charge on any atom is -0.310 e. The number of hydrogen-bond acceptors (Lipinski definition) is 1. The van der Waals surface area contributed by atoms with Crippen LogP contribution in [0, 0.1) is 17.6 Å². The van der Waals surface area contributed by atoms with Crippen LogP contribution in [0.2, 0.25) is 0 Å². The van der Waals surface area contributed by atoms with Gasteiger partial charge in [-0.15, -0.1) is 0 Å². The number of benzene rings is 1. The van der Waals surface area contributed by atoms with Crippen LogP contribution in [0.1, 0.15) is 24.9 Å². The predicted octanol–water partition coefficient (Wildman–Crippen LogP) is 2.64. The maximum absolute atomic E-state index is 13.3. The van der Waals surface area contributed by atoms with Gasteiger partial charge in [0.2, 0.25) is 0 Å². The van der Waals surface area contributed by atoms with E-state index in [9.17, 15) is 8.78 Å². The number of nitrogens with one attached hydrogen (secondary N) is 1. The lowest BCUT2D eigenvalue weighted by molar-refractivity contribution is 0.536. The predicted molar refractivity (Wildman–Crippen MR) is 50.9 cm³/mol. The SMILES string of the molecule is C[C@@H]1CN[C@H](c2cc(F)ccc2F)C1. The van der Waals surface area contributed by atoms with Crippen LogP contribution in [0.3, 0.4) is 0 Å². The van der Waals surface area contributed by atoms with Crippen molar-refractivity contribution in [3.63, 3.8) is 0 Å². The minimum absolute atomic E-state index is 0.0271. The van der Waals surface area contributed by atoms with Crippen LogP contribution < -0.4 is 5.32 Å². The number of hydrogen-bond donors (Lipinski definition) is 1. The van der Waals surface area contributed by atoms with Crippen molar-refractivity contribution in [2.45, 2.75) is 19.4 Å². The third-order valence-electron chi connectivity index (χ3n) is 2.68. The first-order valence-electron chi connectivity index (χ1n) is 4.85. The second-order valence-electron chi connectivity index (χ2n) is 3.97. The Kier molecular flexibility index (Phi) is 2.50. The van der Waals surface area contributed by atoms with Gasteiger partial charge in [-0.3, -0.25) is 0 Å². The van der Waals surface area contributed by atoms with Gasteiger partial charge in [-0.25, -0.2) is 8.78 Å². The summed E-state index contributed by atoms with van der Waals surface area (Å²) in [5.74, 6) is -0.163. The molecule has 1 aromatic carbocycles. The monoisotopic (exact) mass is 197 g/mol. The molecule has 1 aromatic rings. The second-order valence-corrected chi connectivity index (χ2v) is 3.97. The highest BCUT2D eigenvalue weighted by Gasteiger charge is 2.24. The molecule has 1 saturated heterocycles. The molecule has 1 aliphatic heterocycles. The van der Waals surface area contributed by atoms with Crippen molar-refractivity contribution in [3.05, 3.63) is 35.4 Å². The smallest absolute Gasteiger partial charge is 0.128 e. The fraction of sp³-hybridized carbons (Fsp3) is 0.455. The zero-order valence-corrected chi connectivity index (χ0v) is 8.06. The highest BCUT2D eigenvalue weighted by atomic mass is 19.1. The normalized spacial score (nSPS) is 26.8. The molecule has 1 heterocycles. The molecule has 0 unspecified atom stereocenters. The van der Waals surface area contributed by atoms with E-state index in [-0.39, 0.29) is 17.7 Å². The molecule has 1 aliphatic rings. The topological polar surface area (TPSA) is 12.0 Å². The van der Waals surface area contributed by atoms with Crippen molar-refractivity contribution in [2.24, 2.45) is 5.92 Å². The third-order valence-corrected chi connectivity index (χ3v) is 2.68. The van der Waals surface area contributed by atoms with Gasteiger partial charge in [-0.1, -0.05) is 6.92 Å². The van der Waals surface area contributed by atoms with Crippen molar-refractivity contribution in [2.75, 3.05) is 6.54 Å². The number of rotatable bonds is 1. The number of halogens is 2. The molecule has 14 heavy (non-hydrogen) atoms. The Morgan fingerprint density at radius 1 is 1.36 bits per heavy atom. The fourth-order valence-corrected chi connectivity index (χ4v) is 1.93. The molecule has 0 bridgehead atoms. The van der Waals surface area contributed by atoms with Crippen LogP contribution in [0.5, 0.6) is 0 Å². The standard InChI is InChI=1S/C11H13F2N/c1-7-4-11(14-6-7)9-5-8(12)2-3-10(9)13/h2-3,5,7,11,14H,4,6H2,1H3/t7-,11-/m0/s1. The van der Waals surface area contributed by atoms with Crippen LogP contribution in [-0.4, -0.2) is 6.54 Å². The van der Waals surface area contributed by atoms with Gasteiger partial charge in [0, 0.05) is 11.6 Å². The summed E-state index contributed by atoms with van der Waals surface area (Å²) in [6, 6.07) is 3.60. The van der Waals surface area contributed by atoms with Gasteiger partial charge < -0.3 is 5.32 Å². The summed E-state index contributed by atoms with van der Waals surface area (Å²) in [6.45, 7) is 2.98. The van der Waals surface area contributed by atoms with Crippen molar-refractivity contribution in [1.29, 1.82) is 0 Å². The second kappa shape index (κ2) is 3.65. The molecular formula is C11H13F2N. The molecule has 0 spiro atoms. The molecular weight excluding hydrogens is 184 g/mol. The van der Waals surface area contributed by atoms with Crippen molar-refractivity contribution in [1.82, 2.24) is 5.32 Å². The highest BCUT2D eigenvalue weighted by molar-refractivity contribution is 5.23. The largest absolute Gasteiger partial charge is 0.310 e. The Hall–Kier alpha value is -0.960. The molecule has 1 N–H and O–H groups in total. The first-order chi connectivity index (χ1) is 6.66. The van der Waals surface area contributed by atoms with Crippen molar-refractivity contribution >= 4 is 0 Å². The molecule has 0 saturated carbocycles. The Morgan fingerprint density at radius 2 is 2.14 bits per heavy atom. The third kappa shape index (κ3) is 1.77. The lowest BCUT2D eigenvalue weighted by Gasteiger charge is -2.11. The first-order valence-corrected chi connectivity index (χ1v) is 4.85. The fourth-order valence-electron chi connectivity index (χ4n) is 1.93. The summed E-state index contributed by atoms with van der Waals surface area (Å²) >= 11 is 0. The summed E-state index contributed by atoms with van der Waals surface area (Å²) in [4.78, 5) is 0. The molecule has 0 amide bonds. The van der Waals surface area contributed by atoms with E-state index in [1.165, 1.54) is 12.1 Å². The summed E-state index contributed by atoms with van der Waals surface area (Å²) < 4.78 is 26.2. The zero-order valence-electron chi connectivity index (χ0n) is 8.06. The zero-order chi connectivity index (χ0) is 10.1. The highest BCUT2D eigenvalue weighted by Crippen LogP contribution is 2.28. The van der Waals surface area contributed by atoms with Gasteiger partial charge >= 0.3 is 0 Å². The average molecular weight is 197 g/mol. The van der Waals surface area contributed by atoms with Crippen LogP contribution in [0.15, 0.2) is 18.2 Å². The van der Waals surface area contributed by atoms with E-state index >= 15 is 0 Å². The van der Waals surface area contributed by atoms with Gasteiger partial charge in [0.25, 0.3) is 0 Å². The molecule has 1 nitrogen and oxygen atoms in total. The van der Waals surface area contributed by atoms with E-state index < -0.39 is 0 Å². The van der Waals surface area contributed by atoms with E-state index in [2.05, 4.69) is 12.2 Å². The quantitative estimate of drug-likeness (QED) is 0.729. The van der Waals surface area contributed by atoms with Gasteiger partial charge in [0.05, 0.1) is 0 Å². The van der Waals surface area contributed by atoms with Crippen LogP contribution >= 0.6 is 0 Å². The van der Waals surface area contributed by atoms with E-state index in [0.29, 0.717) is 11.5 Å². The molecule has 2 rings (SSSR count). The molecule has 2 atom stereocenters. The average Bonchev–Trinajstić information content (AvgIpc) is 2.56. The Labute approximate surface area is 82.1 Å². The van der Waals surface area contributed by atoms with Gasteiger partial charge in [0.1, 0.15) is 11.6 Å². The van der Waals surface area contributed by atoms with E-state index in [1.807, 2.05) is 0 Å². The lowest BCUT2D eigenvalue weighted by Crippen LogP contribution is -2.14. The molecule has 0 radical (unpaired) electrons. The van der Waals surface area contributed by atoms with E-state index in [0.717, 1.165) is 19.0 Å². The lowest BCUT2D eigenvalue weighted by atomic mass is 10.0.